The lowest BCUT2D eigenvalue weighted by atomic mass is 10.2. The Kier molecular flexibility index (Phi) is 4.99. The molecule has 0 aliphatic heterocycles. The molecule has 3 rings (SSSR count). The molecule has 0 spiro atoms. The molecule has 3 aromatic rings. The Hall–Kier alpha value is -3.50. The maximum atomic E-state index is 13.4. The van der Waals surface area contributed by atoms with Crippen molar-refractivity contribution in [1.29, 1.82) is 0 Å². The average molecular weight is 398 g/mol. The Labute approximate surface area is 153 Å². The second-order valence-electron chi connectivity index (χ2n) is 5.66. The second-order valence-corrected chi connectivity index (χ2v) is 5.66. The number of H-pyrrole nitrogens is 1. The van der Waals surface area contributed by atoms with Crippen LogP contribution in [-0.4, -0.2) is 21.8 Å². The van der Waals surface area contributed by atoms with E-state index in [4.69, 9.17) is 0 Å². The average Bonchev–Trinajstić information content (AvgIpc) is 3.01. The van der Waals surface area contributed by atoms with Crippen molar-refractivity contribution in [3.8, 4) is 0 Å². The van der Waals surface area contributed by atoms with Gasteiger partial charge in [0.15, 0.2) is 11.6 Å². The monoisotopic (exact) mass is 398 g/mol. The molecule has 3 N–H and O–H groups in total. The summed E-state index contributed by atoms with van der Waals surface area (Å²) in [7, 11) is 0. The molecule has 2 aromatic heterocycles. The number of rotatable bonds is 3. The summed E-state index contributed by atoms with van der Waals surface area (Å²) < 4.78 is 64.4. The van der Waals surface area contributed by atoms with Crippen molar-refractivity contribution >= 4 is 28.4 Å². The Balaban J connectivity index is 1.66. The number of aromatic amines is 1. The number of benzene rings is 1. The minimum atomic E-state index is -4.64. The molecule has 0 unspecified atom stereocenters. The molecule has 28 heavy (non-hydrogen) atoms. The summed E-state index contributed by atoms with van der Waals surface area (Å²) in [6.07, 6.45) is -3.40. The number of halogens is 5. The molecule has 1 aromatic carbocycles. The maximum absolute atomic E-state index is 13.4. The van der Waals surface area contributed by atoms with Crippen molar-refractivity contribution in [3.63, 3.8) is 0 Å². The Bertz CT molecular complexity index is 1060. The van der Waals surface area contributed by atoms with Crippen LogP contribution in [-0.2, 0) is 22.3 Å². The fraction of sp³-hybridized carbons (Fsp3) is 0.118. The molecule has 0 saturated carbocycles. The van der Waals surface area contributed by atoms with Gasteiger partial charge < -0.3 is 15.6 Å². The van der Waals surface area contributed by atoms with Crippen molar-refractivity contribution < 1.29 is 31.5 Å². The molecule has 0 fully saturated rings. The third-order valence-corrected chi connectivity index (χ3v) is 3.70. The van der Waals surface area contributed by atoms with Crippen molar-refractivity contribution in [2.24, 2.45) is 0 Å². The van der Waals surface area contributed by atoms with Crippen LogP contribution in [0.25, 0.3) is 10.9 Å². The lowest BCUT2D eigenvalue weighted by molar-refractivity contribution is -0.141. The highest BCUT2D eigenvalue weighted by Crippen LogP contribution is 2.27. The van der Waals surface area contributed by atoms with Crippen LogP contribution in [0.5, 0.6) is 0 Å². The number of hydrogen-bond acceptors (Lipinski definition) is 3. The van der Waals surface area contributed by atoms with Gasteiger partial charge in [-0.25, -0.2) is 13.8 Å². The van der Waals surface area contributed by atoms with Gasteiger partial charge in [-0.1, -0.05) is 6.07 Å². The first-order valence-electron chi connectivity index (χ1n) is 7.73. The van der Waals surface area contributed by atoms with E-state index in [1.165, 1.54) is 12.3 Å². The number of hydrogen-bond donors (Lipinski definition) is 3. The summed E-state index contributed by atoms with van der Waals surface area (Å²) in [5.74, 6) is -4.50. The minimum absolute atomic E-state index is 0.0336. The first-order chi connectivity index (χ1) is 13.1. The molecular weight excluding hydrogens is 387 g/mol. The van der Waals surface area contributed by atoms with Gasteiger partial charge in [0.05, 0.1) is 23.4 Å². The van der Waals surface area contributed by atoms with Crippen LogP contribution >= 0.6 is 0 Å². The Morgan fingerprint density at radius 3 is 2.50 bits per heavy atom. The molecule has 6 nitrogen and oxygen atoms in total. The first-order valence-corrected chi connectivity index (χ1v) is 7.73. The highest BCUT2D eigenvalue weighted by molar-refractivity contribution is 6.40. The Morgan fingerprint density at radius 1 is 1.07 bits per heavy atom. The lowest BCUT2D eigenvalue weighted by Crippen LogP contribution is -2.35. The van der Waals surface area contributed by atoms with Crippen molar-refractivity contribution in [2.75, 3.05) is 5.32 Å². The number of nitrogens with one attached hydrogen (secondary N) is 3. The van der Waals surface area contributed by atoms with Crippen LogP contribution < -0.4 is 10.6 Å². The molecule has 0 bridgehead atoms. The smallest absolute Gasteiger partial charge is 0.359 e. The fourth-order valence-corrected chi connectivity index (χ4v) is 2.39. The summed E-state index contributed by atoms with van der Waals surface area (Å²) >= 11 is 0. The van der Waals surface area contributed by atoms with E-state index in [1.54, 1.807) is 0 Å². The number of anilines is 1. The summed E-state index contributed by atoms with van der Waals surface area (Å²) in [6, 6.07) is 4.89. The normalized spacial score (nSPS) is 11.5. The zero-order valence-electron chi connectivity index (χ0n) is 13.8. The molecule has 0 saturated heterocycles. The van der Waals surface area contributed by atoms with Gasteiger partial charge in [0.25, 0.3) is 0 Å². The number of carbonyl (C=O) groups is 2. The van der Waals surface area contributed by atoms with Crippen LogP contribution in [0.15, 0.2) is 36.5 Å². The molecule has 0 radical (unpaired) electrons. The van der Waals surface area contributed by atoms with Crippen LogP contribution in [0.2, 0.25) is 0 Å². The van der Waals surface area contributed by atoms with E-state index in [1.807, 2.05) is 0 Å². The molecule has 0 atom stereocenters. The zero-order valence-corrected chi connectivity index (χ0v) is 13.8. The minimum Gasteiger partial charge on any atom is -0.359 e. The van der Waals surface area contributed by atoms with Crippen LogP contribution in [0.4, 0.5) is 27.6 Å². The maximum Gasteiger partial charge on any atom is 0.433 e. The molecule has 0 aliphatic rings. The predicted molar refractivity (Wildman–Crippen MR) is 87.9 cm³/mol. The molecular formula is C17H11F5N4O2. The number of pyridine rings is 1. The van der Waals surface area contributed by atoms with E-state index < -0.39 is 41.9 Å². The fourth-order valence-electron chi connectivity index (χ4n) is 2.39. The van der Waals surface area contributed by atoms with Crippen molar-refractivity contribution in [1.82, 2.24) is 15.3 Å². The van der Waals surface area contributed by atoms with Crippen molar-refractivity contribution in [3.05, 3.63) is 59.6 Å². The van der Waals surface area contributed by atoms with E-state index >= 15 is 0 Å². The standard InChI is InChI=1S/C17H11F5N4O2/c18-10-4-9-12(5-11(10)19)23-7-13(9)26-16(28)15(27)24-6-8-2-1-3-14(25-8)17(20,21)22/h1-5,7,23H,6H2,(H,24,27)(H,26,28). The van der Waals surface area contributed by atoms with E-state index in [0.29, 0.717) is 0 Å². The number of fused-ring (bicyclic) bond motifs is 1. The van der Waals surface area contributed by atoms with Gasteiger partial charge in [-0.15, -0.1) is 0 Å². The third kappa shape index (κ3) is 4.08. The van der Waals surface area contributed by atoms with Gasteiger partial charge in [-0.2, -0.15) is 13.2 Å². The largest absolute Gasteiger partial charge is 0.433 e. The number of amides is 2. The van der Waals surface area contributed by atoms with E-state index in [2.05, 4.69) is 20.6 Å². The highest BCUT2D eigenvalue weighted by atomic mass is 19.4. The van der Waals surface area contributed by atoms with Gasteiger partial charge in [0.1, 0.15) is 5.69 Å². The molecule has 0 aliphatic carbocycles. The van der Waals surface area contributed by atoms with Gasteiger partial charge in [-0.3, -0.25) is 9.59 Å². The summed E-state index contributed by atoms with van der Waals surface area (Å²) in [4.78, 5) is 29.8. The predicted octanol–water partition coefficient (Wildman–Crippen LogP) is 3.11. The van der Waals surface area contributed by atoms with Crippen LogP contribution in [0, 0.1) is 11.6 Å². The second kappa shape index (κ2) is 7.25. The van der Waals surface area contributed by atoms with Gasteiger partial charge in [-0.05, 0) is 18.2 Å². The van der Waals surface area contributed by atoms with Crippen LogP contribution in [0.1, 0.15) is 11.4 Å². The summed E-state index contributed by atoms with van der Waals surface area (Å²) in [5.41, 5.74) is -0.994. The van der Waals surface area contributed by atoms with Crippen molar-refractivity contribution in [2.45, 2.75) is 12.7 Å². The number of alkyl halides is 3. The van der Waals surface area contributed by atoms with E-state index in [0.717, 1.165) is 24.3 Å². The number of nitrogens with zero attached hydrogens (tertiary/aromatic N) is 1. The van der Waals surface area contributed by atoms with Gasteiger partial charge in [0.2, 0.25) is 0 Å². The highest BCUT2D eigenvalue weighted by Gasteiger charge is 2.32. The van der Waals surface area contributed by atoms with Gasteiger partial charge >= 0.3 is 18.0 Å². The molecule has 11 heteroatoms. The van der Waals surface area contributed by atoms with Crippen LogP contribution in [0.3, 0.4) is 0 Å². The SMILES string of the molecule is O=C(NCc1cccc(C(F)(F)F)n1)C(=O)Nc1c[nH]c2cc(F)c(F)cc12. The molecule has 2 heterocycles. The number of carbonyl (C=O) groups excluding carboxylic acids is 2. The summed E-state index contributed by atoms with van der Waals surface area (Å²) in [6.45, 7) is -0.413. The molecule has 2 amide bonds. The molecule has 146 valence electrons. The van der Waals surface area contributed by atoms with E-state index in [-0.39, 0.29) is 22.3 Å². The topological polar surface area (TPSA) is 86.9 Å². The van der Waals surface area contributed by atoms with E-state index in [9.17, 15) is 31.5 Å². The quantitative estimate of drug-likeness (QED) is 0.468. The Morgan fingerprint density at radius 2 is 1.79 bits per heavy atom. The summed E-state index contributed by atoms with van der Waals surface area (Å²) in [5, 5.41) is 4.48. The lowest BCUT2D eigenvalue weighted by Gasteiger charge is -2.09. The number of aromatic nitrogens is 2. The first kappa shape index (κ1) is 19.3. The van der Waals surface area contributed by atoms with Gasteiger partial charge in [0, 0.05) is 17.6 Å². The zero-order chi connectivity index (χ0) is 20.5. The third-order valence-electron chi connectivity index (χ3n) is 3.70.